The van der Waals surface area contributed by atoms with Crippen LogP contribution >= 0.6 is 0 Å². The molecule has 7 aromatic rings. The molecule has 0 aromatic heterocycles. The molecule has 254 valence electrons. The molecule has 0 amide bonds. The van der Waals surface area contributed by atoms with Crippen LogP contribution in [0, 0.1) is 27.7 Å². The van der Waals surface area contributed by atoms with Crippen molar-refractivity contribution >= 4 is 58.4 Å². The molecule has 52 heavy (non-hydrogen) atoms. The maximum atomic E-state index is 2.30. The largest absolute Gasteiger partial charge is 0.311 e. The summed E-state index contributed by atoms with van der Waals surface area (Å²) in [5, 5.41) is 0. The number of nitrogens with zero attached hydrogens (tertiary/aromatic N) is 2. The maximum Gasteiger partial charge on any atom is 0.0462 e. The van der Waals surface area contributed by atoms with Crippen molar-refractivity contribution in [3.05, 3.63) is 214 Å². The minimum atomic E-state index is 1.13. The summed E-state index contributed by atoms with van der Waals surface area (Å²) in [7, 11) is 0. The van der Waals surface area contributed by atoms with Crippen LogP contribution in [0.1, 0.15) is 44.5 Å². The molecule has 0 spiro atoms. The van der Waals surface area contributed by atoms with Crippen molar-refractivity contribution in [3.63, 3.8) is 0 Å². The van der Waals surface area contributed by atoms with E-state index in [1.807, 2.05) is 0 Å². The molecule has 2 nitrogen and oxygen atoms in total. The van der Waals surface area contributed by atoms with Crippen LogP contribution in [0.5, 0.6) is 0 Å². The highest BCUT2D eigenvalue weighted by Crippen LogP contribution is 2.36. The summed E-state index contributed by atoms with van der Waals surface area (Å²) in [6.07, 6.45) is 8.86. The molecule has 0 atom stereocenters. The van der Waals surface area contributed by atoms with E-state index in [9.17, 15) is 0 Å². The number of benzene rings is 7. The average Bonchev–Trinajstić information content (AvgIpc) is 3.18. The summed E-state index contributed by atoms with van der Waals surface area (Å²) in [6, 6.07) is 60.6. The highest BCUT2D eigenvalue weighted by molar-refractivity contribution is 5.81. The molecule has 7 aromatic carbocycles. The second-order valence-corrected chi connectivity index (χ2v) is 13.4. The highest BCUT2D eigenvalue weighted by atomic mass is 15.1. The summed E-state index contributed by atoms with van der Waals surface area (Å²) in [5.41, 5.74) is 16.6. The number of hydrogen-bond acceptors (Lipinski definition) is 2. The molecule has 0 fully saturated rings. The lowest BCUT2D eigenvalue weighted by atomic mass is 9.98. The third-order valence-corrected chi connectivity index (χ3v) is 9.48. The van der Waals surface area contributed by atoms with Crippen LogP contribution in [-0.4, -0.2) is 0 Å². The molecule has 0 aliphatic rings. The van der Waals surface area contributed by atoms with Crippen LogP contribution in [0.15, 0.2) is 170 Å². The number of para-hydroxylation sites is 2. The first-order chi connectivity index (χ1) is 25.4. The van der Waals surface area contributed by atoms with Crippen molar-refractivity contribution in [3.8, 4) is 0 Å². The van der Waals surface area contributed by atoms with Gasteiger partial charge in [-0.15, -0.1) is 0 Å². The molecule has 0 saturated heterocycles. The monoisotopic (exact) mass is 672 g/mol. The topological polar surface area (TPSA) is 6.48 Å². The van der Waals surface area contributed by atoms with Gasteiger partial charge in [-0.3, -0.25) is 0 Å². The third-order valence-electron chi connectivity index (χ3n) is 9.48. The SMILES string of the molecule is Cc1ccc(N(c2ccccc2)c2ccc(C=Cc3cc(C)c(C=Cc4ccc(N(c5ccccc5)c5ccc(C)cc5)cc4)cc3C)cc2)cc1. The summed E-state index contributed by atoms with van der Waals surface area (Å²) < 4.78 is 0. The minimum absolute atomic E-state index is 1.13. The van der Waals surface area contributed by atoms with Crippen LogP contribution in [0.25, 0.3) is 24.3 Å². The smallest absolute Gasteiger partial charge is 0.0462 e. The van der Waals surface area contributed by atoms with Gasteiger partial charge in [0.15, 0.2) is 0 Å². The molecular weight excluding hydrogens is 629 g/mol. The summed E-state index contributed by atoms with van der Waals surface area (Å²) in [5.74, 6) is 0. The van der Waals surface area contributed by atoms with Crippen LogP contribution in [0.3, 0.4) is 0 Å². The summed E-state index contributed by atoms with van der Waals surface area (Å²) in [4.78, 5) is 4.59. The lowest BCUT2D eigenvalue weighted by molar-refractivity contribution is 1.27. The highest BCUT2D eigenvalue weighted by Gasteiger charge is 2.13. The Morgan fingerprint density at radius 3 is 0.923 bits per heavy atom. The van der Waals surface area contributed by atoms with Crippen molar-refractivity contribution in [2.24, 2.45) is 0 Å². The molecular formula is C50H44N2. The van der Waals surface area contributed by atoms with E-state index in [2.05, 4.69) is 232 Å². The van der Waals surface area contributed by atoms with Gasteiger partial charge in [0.1, 0.15) is 0 Å². The molecule has 0 heterocycles. The zero-order valence-electron chi connectivity index (χ0n) is 30.4. The van der Waals surface area contributed by atoms with Gasteiger partial charge in [-0.05, 0) is 134 Å². The molecule has 0 radical (unpaired) electrons. The summed E-state index contributed by atoms with van der Waals surface area (Å²) in [6.45, 7) is 8.63. The van der Waals surface area contributed by atoms with E-state index in [-0.39, 0.29) is 0 Å². The van der Waals surface area contributed by atoms with Crippen LogP contribution in [0.2, 0.25) is 0 Å². The molecule has 7 rings (SSSR count). The molecule has 0 unspecified atom stereocenters. The number of hydrogen-bond donors (Lipinski definition) is 0. The molecule has 0 N–H and O–H groups in total. The average molecular weight is 673 g/mol. The zero-order chi connectivity index (χ0) is 35.9. The van der Waals surface area contributed by atoms with Gasteiger partial charge in [0.25, 0.3) is 0 Å². The molecule has 0 saturated carbocycles. The van der Waals surface area contributed by atoms with Crippen molar-refractivity contribution in [1.29, 1.82) is 0 Å². The lowest BCUT2D eigenvalue weighted by Gasteiger charge is -2.25. The Morgan fingerprint density at radius 2 is 0.596 bits per heavy atom. The van der Waals surface area contributed by atoms with Gasteiger partial charge in [0, 0.05) is 34.1 Å². The Balaban J connectivity index is 1.06. The first-order valence-corrected chi connectivity index (χ1v) is 17.9. The second kappa shape index (κ2) is 15.7. The lowest BCUT2D eigenvalue weighted by Crippen LogP contribution is -2.09. The van der Waals surface area contributed by atoms with Gasteiger partial charge in [-0.1, -0.05) is 132 Å². The van der Waals surface area contributed by atoms with E-state index in [0.29, 0.717) is 0 Å². The summed E-state index contributed by atoms with van der Waals surface area (Å²) >= 11 is 0. The maximum absolute atomic E-state index is 2.30. The van der Waals surface area contributed by atoms with Gasteiger partial charge in [0.05, 0.1) is 0 Å². The van der Waals surface area contributed by atoms with E-state index < -0.39 is 0 Å². The van der Waals surface area contributed by atoms with E-state index >= 15 is 0 Å². The standard InChI is InChI=1S/C50H44N2/c1-37-15-27-47(28-16-37)51(45-11-7-5-8-12-45)49-31-21-41(22-32-49)19-25-43-35-40(4)44(36-39(43)3)26-20-42-23-33-50(34-24-42)52(46-13-9-6-10-14-46)48-29-17-38(2)18-30-48/h5-36H,1-4H3. The molecule has 0 aliphatic carbocycles. The van der Waals surface area contributed by atoms with Crippen LogP contribution < -0.4 is 9.80 Å². The minimum Gasteiger partial charge on any atom is -0.311 e. The van der Waals surface area contributed by atoms with Gasteiger partial charge < -0.3 is 9.80 Å². The van der Waals surface area contributed by atoms with E-state index in [1.165, 1.54) is 44.5 Å². The van der Waals surface area contributed by atoms with Gasteiger partial charge >= 0.3 is 0 Å². The van der Waals surface area contributed by atoms with E-state index in [4.69, 9.17) is 0 Å². The van der Waals surface area contributed by atoms with Crippen molar-refractivity contribution < 1.29 is 0 Å². The molecule has 0 bridgehead atoms. The van der Waals surface area contributed by atoms with Gasteiger partial charge in [0.2, 0.25) is 0 Å². The Labute approximate surface area is 309 Å². The second-order valence-electron chi connectivity index (χ2n) is 13.4. The fourth-order valence-electron chi connectivity index (χ4n) is 6.50. The molecule has 0 aliphatic heterocycles. The Hall–Kier alpha value is -6.38. The van der Waals surface area contributed by atoms with Gasteiger partial charge in [-0.2, -0.15) is 0 Å². The number of rotatable bonds is 10. The van der Waals surface area contributed by atoms with Crippen LogP contribution in [-0.2, 0) is 0 Å². The van der Waals surface area contributed by atoms with Crippen molar-refractivity contribution in [2.45, 2.75) is 27.7 Å². The Morgan fingerprint density at radius 1 is 0.308 bits per heavy atom. The predicted octanol–water partition coefficient (Wildman–Crippen LogP) is 14.2. The fourth-order valence-corrected chi connectivity index (χ4v) is 6.50. The first kappa shape index (κ1) is 34.1. The third kappa shape index (κ3) is 7.98. The zero-order valence-corrected chi connectivity index (χ0v) is 30.4. The quantitative estimate of drug-likeness (QED) is 0.133. The van der Waals surface area contributed by atoms with Crippen molar-refractivity contribution in [2.75, 3.05) is 9.80 Å². The first-order valence-electron chi connectivity index (χ1n) is 17.9. The van der Waals surface area contributed by atoms with E-state index in [1.54, 1.807) is 0 Å². The predicted molar refractivity (Wildman–Crippen MR) is 225 cm³/mol. The number of aryl methyl sites for hydroxylation is 4. The van der Waals surface area contributed by atoms with Crippen LogP contribution in [0.4, 0.5) is 34.1 Å². The Bertz CT molecular complexity index is 2110. The van der Waals surface area contributed by atoms with E-state index in [0.717, 1.165) is 34.1 Å². The number of anilines is 6. The fraction of sp³-hybridized carbons (Fsp3) is 0.0800. The molecule has 2 heteroatoms. The normalized spacial score (nSPS) is 11.3. The van der Waals surface area contributed by atoms with Crippen molar-refractivity contribution in [1.82, 2.24) is 0 Å². The Kier molecular flexibility index (Phi) is 10.3. The van der Waals surface area contributed by atoms with Gasteiger partial charge in [-0.25, -0.2) is 0 Å².